The molecule has 0 bridgehead atoms. The smallest absolute Gasteiger partial charge is 0.381 e. The number of H-pyrrole nitrogens is 1. The molecule has 35 heavy (non-hydrogen) atoms. The van der Waals surface area contributed by atoms with Crippen LogP contribution in [-0.2, 0) is 17.3 Å². The Balaban J connectivity index is 1.44. The molecule has 5 heterocycles. The second-order valence-corrected chi connectivity index (χ2v) is 8.95. The number of aryl methyl sites for hydroxylation is 1. The zero-order valence-electron chi connectivity index (χ0n) is 18.6. The maximum Gasteiger partial charge on any atom is 0.417 e. The minimum absolute atomic E-state index is 0.0675. The molecule has 1 aromatic carbocycles. The molecule has 180 valence electrons. The van der Waals surface area contributed by atoms with E-state index in [9.17, 15) is 22.8 Å². The molecule has 4 aromatic rings. The Labute approximate surface area is 196 Å². The SMILES string of the molecule is Cc1cc2c(cc1C(=O)N1CCc3cc(C(F)(F)F)cnc31)[nH]c(=O)c1cnc(C3CCOC3)n12. The number of aromatic amines is 1. The van der Waals surface area contributed by atoms with E-state index < -0.39 is 11.7 Å². The van der Waals surface area contributed by atoms with Gasteiger partial charge in [0.05, 0.1) is 29.4 Å². The largest absolute Gasteiger partial charge is 0.417 e. The summed E-state index contributed by atoms with van der Waals surface area (Å²) in [5.74, 6) is 0.652. The molecule has 6 rings (SSSR count). The lowest BCUT2D eigenvalue weighted by atomic mass is 10.0. The summed E-state index contributed by atoms with van der Waals surface area (Å²) in [6.07, 6.45) is -1.12. The highest BCUT2D eigenvalue weighted by Gasteiger charge is 2.35. The molecule has 0 spiro atoms. The van der Waals surface area contributed by atoms with Crippen LogP contribution in [0.2, 0.25) is 0 Å². The Hall–Kier alpha value is -3.73. The maximum absolute atomic E-state index is 13.5. The number of fused-ring (bicyclic) bond motifs is 4. The van der Waals surface area contributed by atoms with E-state index in [-0.39, 0.29) is 36.2 Å². The van der Waals surface area contributed by atoms with E-state index in [0.717, 1.165) is 24.5 Å². The summed E-state index contributed by atoms with van der Waals surface area (Å²) in [5, 5.41) is 0. The quantitative estimate of drug-likeness (QED) is 0.470. The van der Waals surface area contributed by atoms with E-state index in [0.29, 0.717) is 46.5 Å². The fourth-order valence-corrected chi connectivity index (χ4v) is 4.97. The van der Waals surface area contributed by atoms with Crippen molar-refractivity contribution >= 4 is 28.3 Å². The van der Waals surface area contributed by atoms with Gasteiger partial charge in [0.25, 0.3) is 11.5 Å². The van der Waals surface area contributed by atoms with Gasteiger partial charge in [-0.15, -0.1) is 0 Å². The molecule has 3 aromatic heterocycles. The Morgan fingerprint density at radius 2 is 2.00 bits per heavy atom. The fraction of sp³-hybridized carbons (Fsp3) is 0.333. The summed E-state index contributed by atoms with van der Waals surface area (Å²) >= 11 is 0. The molecule has 1 N–H and O–H groups in total. The number of amides is 1. The third-order valence-corrected chi connectivity index (χ3v) is 6.75. The van der Waals surface area contributed by atoms with Crippen LogP contribution in [-0.4, -0.2) is 45.0 Å². The standard InChI is InChI=1S/C24H20F3N5O3/c1-12-6-18-17(30-22(33)19-10-29-21(32(18)19)14-3-5-35-11-14)8-16(12)23(34)31-4-2-13-7-15(24(25,26)27)9-28-20(13)31/h6-10,14H,2-5,11H2,1H3,(H,30,33). The molecule has 1 fully saturated rings. The van der Waals surface area contributed by atoms with Crippen molar-refractivity contribution in [1.82, 2.24) is 19.4 Å². The van der Waals surface area contributed by atoms with Crippen LogP contribution in [0.25, 0.3) is 16.6 Å². The lowest BCUT2D eigenvalue weighted by molar-refractivity contribution is -0.137. The van der Waals surface area contributed by atoms with Crippen molar-refractivity contribution in [2.45, 2.75) is 31.9 Å². The second-order valence-electron chi connectivity index (χ2n) is 8.95. The van der Waals surface area contributed by atoms with Crippen molar-refractivity contribution in [3.05, 3.63) is 69.0 Å². The number of aromatic nitrogens is 4. The summed E-state index contributed by atoms with van der Waals surface area (Å²) in [6.45, 7) is 3.17. The van der Waals surface area contributed by atoms with Gasteiger partial charge in [0.2, 0.25) is 0 Å². The molecule has 11 heteroatoms. The van der Waals surface area contributed by atoms with Crippen molar-refractivity contribution in [2.24, 2.45) is 0 Å². The van der Waals surface area contributed by atoms with E-state index in [2.05, 4.69) is 15.0 Å². The Bertz CT molecular complexity index is 1570. The molecule has 1 atom stereocenters. The number of pyridine rings is 1. The molecule has 2 aliphatic heterocycles. The van der Waals surface area contributed by atoms with Gasteiger partial charge in [-0.3, -0.25) is 18.9 Å². The summed E-state index contributed by atoms with van der Waals surface area (Å²) in [4.78, 5) is 38.9. The Kier molecular flexibility index (Phi) is 4.75. The van der Waals surface area contributed by atoms with Gasteiger partial charge < -0.3 is 9.72 Å². The van der Waals surface area contributed by atoms with Gasteiger partial charge in [-0.1, -0.05) is 0 Å². The molecular formula is C24H20F3N5O3. The predicted molar refractivity (Wildman–Crippen MR) is 121 cm³/mol. The lowest BCUT2D eigenvalue weighted by Crippen LogP contribution is -2.30. The normalized spacial score (nSPS) is 18.1. The van der Waals surface area contributed by atoms with Gasteiger partial charge >= 0.3 is 6.18 Å². The molecule has 0 saturated carbocycles. The molecule has 2 aliphatic rings. The van der Waals surface area contributed by atoms with Gasteiger partial charge in [-0.2, -0.15) is 13.2 Å². The van der Waals surface area contributed by atoms with Crippen LogP contribution in [0.4, 0.5) is 19.0 Å². The first-order chi connectivity index (χ1) is 16.7. The van der Waals surface area contributed by atoms with Crippen LogP contribution in [0, 0.1) is 6.92 Å². The molecule has 1 amide bonds. The molecule has 0 aliphatic carbocycles. The zero-order chi connectivity index (χ0) is 24.5. The highest BCUT2D eigenvalue weighted by atomic mass is 19.4. The first-order valence-electron chi connectivity index (χ1n) is 11.2. The number of nitrogens with zero attached hydrogens (tertiary/aromatic N) is 4. The number of ether oxygens (including phenoxy) is 1. The van der Waals surface area contributed by atoms with Crippen LogP contribution < -0.4 is 10.5 Å². The van der Waals surface area contributed by atoms with E-state index >= 15 is 0 Å². The minimum atomic E-state index is -4.50. The molecule has 8 nitrogen and oxygen atoms in total. The summed E-state index contributed by atoms with van der Waals surface area (Å²) in [5.41, 5.74) is 1.81. The number of halogens is 3. The van der Waals surface area contributed by atoms with Gasteiger partial charge in [0.1, 0.15) is 17.2 Å². The zero-order valence-corrected chi connectivity index (χ0v) is 18.6. The highest BCUT2D eigenvalue weighted by molar-refractivity contribution is 6.09. The van der Waals surface area contributed by atoms with Gasteiger partial charge in [0.15, 0.2) is 0 Å². The van der Waals surface area contributed by atoms with E-state index in [1.165, 1.54) is 4.90 Å². The average molecular weight is 483 g/mol. The average Bonchev–Trinajstić information content (AvgIpc) is 3.56. The van der Waals surface area contributed by atoms with E-state index in [4.69, 9.17) is 4.74 Å². The Morgan fingerprint density at radius 3 is 2.74 bits per heavy atom. The second kappa shape index (κ2) is 7.64. The summed E-state index contributed by atoms with van der Waals surface area (Å²) in [7, 11) is 0. The minimum Gasteiger partial charge on any atom is -0.381 e. The number of alkyl halides is 3. The van der Waals surface area contributed by atoms with Crippen molar-refractivity contribution in [3.8, 4) is 0 Å². The van der Waals surface area contributed by atoms with E-state index in [1.807, 2.05) is 10.5 Å². The van der Waals surface area contributed by atoms with Crippen LogP contribution in [0.15, 0.2) is 35.4 Å². The topological polar surface area (TPSA) is 92.6 Å². The van der Waals surface area contributed by atoms with Gasteiger partial charge in [0, 0.05) is 30.8 Å². The third kappa shape index (κ3) is 3.41. The number of anilines is 1. The van der Waals surface area contributed by atoms with Crippen LogP contribution in [0.3, 0.4) is 0 Å². The van der Waals surface area contributed by atoms with Gasteiger partial charge in [-0.25, -0.2) is 9.97 Å². The maximum atomic E-state index is 13.5. The first kappa shape index (κ1) is 21.8. The third-order valence-electron chi connectivity index (χ3n) is 6.75. The fourth-order valence-electron chi connectivity index (χ4n) is 4.97. The molecule has 1 unspecified atom stereocenters. The van der Waals surface area contributed by atoms with Crippen LogP contribution in [0.5, 0.6) is 0 Å². The van der Waals surface area contributed by atoms with Crippen LogP contribution >= 0.6 is 0 Å². The number of rotatable bonds is 2. The monoisotopic (exact) mass is 483 g/mol. The first-order valence-corrected chi connectivity index (χ1v) is 11.2. The number of carbonyl (C=O) groups excluding carboxylic acids is 1. The van der Waals surface area contributed by atoms with Crippen LogP contribution in [0.1, 0.15) is 45.2 Å². The summed E-state index contributed by atoms with van der Waals surface area (Å²) in [6, 6.07) is 4.49. The van der Waals surface area contributed by atoms with Gasteiger partial charge in [-0.05, 0) is 49.1 Å². The predicted octanol–water partition coefficient (Wildman–Crippen LogP) is 3.60. The number of carbonyl (C=O) groups is 1. The van der Waals surface area contributed by atoms with Crippen molar-refractivity contribution in [1.29, 1.82) is 0 Å². The number of imidazole rings is 1. The molecule has 0 radical (unpaired) electrons. The number of nitrogens with one attached hydrogen (secondary N) is 1. The highest BCUT2D eigenvalue weighted by Crippen LogP contribution is 2.35. The lowest BCUT2D eigenvalue weighted by Gasteiger charge is -2.19. The number of hydrogen-bond acceptors (Lipinski definition) is 5. The van der Waals surface area contributed by atoms with Crippen molar-refractivity contribution < 1.29 is 22.7 Å². The van der Waals surface area contributed by atoms with E-state index in [1.54, 1.807) is 19.2 Å². The Morgan fingerprint density at radius 1 is 1.17 bits per heavy atom. The number of benzene rings is 1. The van der Waals surface area contributed by atoms with Crippen molar-refractivity contribution in [3.63, 3.8) is 0 Å². The number of hydrogen-bond donors (Lipinski definition) is 1. The summed E-state index contributed by atoms with van der Waals surface area (Å²) < 4.78 is 46.5. The molecular weight excluding hydrogens is 463 g/mol. The molecule has 1 saturated heterocycles. The van der Waals surface area contributed by atoms with Crippen molar-refractivity contribution in [2.75, 3.05) is 24.7 Å².